The van der Waals surface area contributed by atoms with E-state index >= 15 is 0 Å². The van der Waals surface area contributed by atoms with Gasteiger partial charge in [-0.15, -0.1) is 0 Å². The third kappa shape index (κ3) is 4.08. The van der Waals surface area contributed by atoms with Gasteiger partial charge in [0.05, 0.1) is 11.3 Å². The quantitative estimate of drug-likeness (QED) is 0.403. The van der Waals surface area contributed by atoms with Crippen LogP contribution in [-0.2, 0) is 10.8 Å². The second-order valence-electron chi connectivity index (χ2n) is 3.69. The van der Waals surface area contributed by atoms with Gasteiger partial charge in [-0.05, 0) is 18.6 Å². The van der Waals surface area contributed by atoms with E-state index in [4.69, 9.17) is 5.84 Å². The van der Waals surface area contributed by atoms with Crippen LogP contribution in [0.4, 0.5) is 10.1 Å². The molecule has 0 spiro atoms. The average Bonchev–Trinajstić information content (AvgIpc) is 2.33. The molecule has 1 aromatic carbocycles. The molecule has 0 aliphatic carbocycles. The average molecular weight is 273 g/mol. The van der Waals surface area contributed by atoms with Gasteiger partial charge >= 0.3 is 0 Å². The first kappa shape index (κ1) is 14.6. The van der Waals surface area contributed by atoms with Gasteiger partial charge in [0.25, 0.3) is 5.91 Å². The minimum Gasteiger partial charge on any atom is -0.352 e. The summed E-state index contributed by atoms with van der Waals surface area (Å²) in [7, 11) is -0.878. The zero-order valence-electron chi connectivity index (χ0n) is 10.0. The molecule has 1 atom stereocenters. The fraction of sp³-hybridized carbons (Fsp3) is 0.364. The summed E-state index contributed by atoms with van der Waals surface area (Å²) in [4.78, 5) is 11.8. The molecule has 4 N–H and O–H groups in total. The second-order valence-corrected chi connectivity index (χ2v) is 5.25. The van der Waals surface area contributed by atoms with Crippen LogP contribution in [0.5, 0.6) is 0 Å². The normalized spacial score (nSPS) is 11.9. The zero-order chi connectivity index (χ0) is 13.5. The molecule has 100 valence electrons. The minimum absolute atomic E-state index is 0.0333. The van der Waals surface area contributed by atoms with Gasteiger partial charge in [0.2, 0.25) is 0 Å². The Labute approximate surface area is 107 Å². The molecule has 1 amide bonds. The van der Waals surface area contributed by atoms with Crippen LogP contribution in [0.25, 0.3) is 0 Å². The summed E-state index contributed by atoms with van der Waals surface area (Å²) in [6.07, 6.45) is 2.21. The lowest BCUT2D eigenvalue weighted by Gasteiger charge is -2.10. The summed E-state index contributed by atoms with van der Waals surface area (Å²) in [5.41, 5.74) is 2.28. The van der Waals surface area contributed by atoms with Crippen molar-refractivity contribution < 1.29 is 13.4 Å². The molecule has 1 aromatic rings. The van der Waals surface area contributed by atoms with Gasteiger partial charge in [0.15, 0.2) is 0 Å². The van der Waals surface area contributed by atoms with E-state index in [2.05, 4.69) is 10.7 Å². The molecule has 0 aromatic heterocycles. The van der Waals surface area contributed by atoms with Crippen molar-refractivity contribution in [3.63, 3.8) is 0 Å². The van der Waals surface area contributed by atoms with Gasteiger partial charge in [0, 0.05) is 29.4 Å². The van der Waals surface area contributed by atoms with Crippen LogP contribution >= 0.6 is 0 Å². The van der Waals surface area contributed by atoms with Crippen molar-refractivity contribution in [1.82, 2.24) is 5.32 Å². The van der Waals surface area contributed by atoms with E-state index in [-0.39, 0.29) is 11.3 Å². The second kappa shape index (κ2) is 7.07. The van der Waals surface area contributed by atoms with Crippen molar-refractivity contribution >= 4 is 22.4 Å². The number of halogens is 1. The summed E-state index contributed by atoms with van der Waals surface area (Å²) >= 11 is 0. The highest BCUT2D eigenvalue weighted by Crippen LogP contribution is 2.18. The Morgan fingerprint density at radius 3 is 2.83 bits per heavy atom. The van der Waals surface area contributed by atoms with Gasteiger partial charge in [-0.3, -0.25) is 14.8 Å². The van der Waals surface area contributed by atoms with Crippen molar-refractivity contribution in [2.45, 2.75) is 6.42 Å². The van der Waals surface area contributed by atoms with Crippen molar-refractivity contribution in [3.8, 4) is 0 Å². The lowest BCUT2D eigenvalue weighted by molar-refractivity contribution is 0.0954. The summed E-state index contributed by atoms with van der Waals surface area (Å²) in [5, 5.41) is 2.62. The van der Waals surface area contributed by atoms with E-state index in [1.165, 1.54) is 18.2 Å². The Morgan fingerprint density at radius 2 is 2.22 bits per heavy atom. The van der Waals surface area contributed by atoms with Crippen molar-refractivity contribution in [2.24, 2.45) is 5.84 Å². The number of hydrazine groups is 1. The Balaban J connectivity index is 2.61. The lowest BCUT2D eigenvalue weighted by atomic mass is 10.1. The number of benzene rings is 1. The van der Waals surface area contributed by atoms with Crippen LogP contribution in [-0.4, -0.2) is 28.7 Å². The number of nitrogen functional groups attached to an aromatic ring is 1. The number of carbonyl (C=O) groups is 1. The Hall–Kier alpha value is -1.47. The maximum atomic E-state index is 13.3. The molecule has 0 heterocycles. The smallest absolute Gasteiger partial charge is 0.253 e. The third-order valence-corrected chi connectivity index (χ3v) is 3.16. The maximum Gasteiger partial charge on any atom is 0.253 e. The number of nitrogens with two attached hydrogens (primary N) is 1. The molecule has 0 radical (unpaired) electrons. The number of carbonyl (C=O) groups excluding carboxylic acids is 1. The predicted octanol–water partition coefficient (Wildman–Crippen LogP) is 0.610. The van der Waals surface area contributed by atoms with E-state index in [9.17, 15) is 13.4 Å². The summed E-state index contributed by atoms with van der Waals surface area (Å²) in [6, 6.07) is 4.13. The fourth-order valence-corrected chi connectivity index (χ4v) is 1.98. The van der Waals surface area contributed by atoms with Gasteiger partial charge in [0.1, 0.15) is 5.82 Å². The third-order valence-electron chi connectivity index (χ3n) is 2.30. The molecule has 1 rings (SSSR count). The highest BCUT2D eigenvalue weighted by molar-refractivity contribution is 7.84. The molecule has 0 fully saturated rings. The van der Waals surface area contributed by atoms with Gasteiger partial charge < -0.3 is 10.7 Å². The van der Waals surface area contributed by atoms with Crippen LogP contribution in [0.3, 0.4) is 0 Å². The Morgan fingerprint density at radius 1 is 1.50 bits per heavy atom. The molecule has 18 heavy (non-hydrogen) atoms. The minimum atomic E-state index is -0.878. The monoisotopic (exact) mass is 273 g/mol. The van der Waals surface area contributed by atoms with Gasteiger partial charge in [-0.25, -0.2) is 4.39 Å². The molecule has 0 saturated carbocycles. The van der Waals surface area contributed by atoms with Gasteiger partial charge in [-0.2, -0.15) is 0 Å². The molecule has 0 bridgehead atoms. The number of anilines is 1. The number of nitrogens with one attached hydrogen (secondary N) is 2. The lowest BCUT2D eigenvalue weighted by Crippen LogP contribution is -2.27. The standard InChI is InChI=1S/C11H16FN3O2S/c1-18(17)7-3-6-14-11(16)8-4-2-5-9(12)10(8)15-13/h2,4-5,15H,3,6-7,13H2,1H3,(H,14,16). The fourth-order valence-electron chi connectivity index (χ4n) is 1.43. The molecule has 0 aliphatic rings. The molecule has 7 heteroatoms. The number of hydrogen-bond acceptors (Lipinski definition) is 4. The molecule has 5 nitrogen and oxygen atoms in total. The van der Waals surface area contributed by atoms with E-state index < -0.39 is 22.5 Å². The summed E-state index contributed by atoms with van der Waals surface area (Å²) in [5.74, 6) is 4.70. The first-order valence-electron chi connectivity index (χ1n) is 5.39. The first-order chi connectivity index (χ1) is 8.56. The van der Waals surface area contributed by atoms with Crippen molar-refractivity contribution in [3.05, 3.63) is 29.6 Å². The molecule has 0 saturated heterocycles. The van der Waals surface area contributed by atoms with E-state index in [1.807, 2.05) is 0 Å². The summed E-state index contributed by atoms with van der Waals surface area (Å²) < 4.78 is 24.2. The van der Waals surface area contributed by atoms with Crippen molar-refractivity contribution in [1.29, 1.82) is 0 Å². The van der Waals surface area contributed by atoms with E-state index in [0.29, 0.717) is 18.7 Å². The van der Waals surface area contributed by atoms with Crippen LogP contribution in [0.2, 0.25) is 0 Å². The topological polar surface area (TPSA) is 84.2 Å². The number of rotatable bonds is 6. The molecular formula is C11H16FN3O2S. The van der Waals surface area contributed by atoms with Crippen LogP contribution < -0.4 is 16.6 Å². The number of para-hydroxylation sites is 1. The maximum absolute atomic E-state index is 13.3. The Bertz CT molecular complexity index is 454. The van der Waals surface area contributed by atoms with Crippen LogP contribution in [0.1, 0.15) is 16.8 Å². The highest BCUT2D eigenvalue weighted by Gasteiger charge is 2.13. The Kier molecular flexibility index (Phi) is 5.73. The first-order valence-corrected chi connectivity index (χ1v) is 7.12. The van der Waals surface area contributed by atoms with Gasteiger partial charge in [-0.1, -0.05) is 6.07 Å². The zero-order valence-corrected chi connectivity index (χ0v) is 10.8. The van der Waals surface area contributed by atoms with Crippen LogP contribution in [0.15, 0.2) is 18.2 Å². The molecular weight excluding hydrogens is 257 g/mol. The predicted molar refractivity (Wildman–Crippen MR) is 70.1 cm³/mol. The SMILES string of the molecule is CS(=O)CCCNC(=O)c1cccc(F)c1NN. The van der Waals surface area contributed by atoms with Crippen molar-refractivity contribution in [2.75, 3.05) is 24.0 Å². The molecule has 0 aliphatic heterocycles. The van der Waals surface area contributed by atoms with E-state index in [0.717, 1.165) is 0 Å². The van der Waals surface area contributed by atoms with Crippen LogP contribution in [0, 0.1) is 5.82 Å². The number of amides is 1. The molecule has 1 unspecified atom stereocenters. The summed E-state index contributed by atoms with van der Waals surface area (Å²) in [6.45, 7) is 0.388. The highest BCUT2D eigenvalue weighted by atomic mass is 32.2. The largest absolute Gasteiger partial charge is 0.352 e. The van der Waals surface area contributed by atoms with E-state index in [1.54, 1.807) is 6.26 Å². The number of hydrogen-bond donors (Lipinski definition) is 3.